The van der Waals surface area contributed by atoms with Crippen LogP contribution >= 0.6 is 11.3 Å². The molecule has 0 fully saturated rings. The van der Waals surface area contributed by atoms with Gasteiger partial charge >= 0.3 is 0 Å². The van der Waals surface area contributed by atoms with Gasteiger partial charge in [0.1, 0.15) is 5.82 Å². The Hall–Kier alpha value is -3.06. The van der Waals surface area contributed by atoms with Gasteiger partial charge in [-0.15, -0.1) is 0 Å². The van der Waals surface area contributed by atoms with E-state index in [1.807, 2.05) is 22.9 Å². The lowest BCUT2D eigenvalue weighted by atomic mass is 10.1. The van der Waals surface area contributed by atoms with E-state index in [-0.39, 0.29) is 18.1 Å². The molecule has 2 aromatic carbocycles. The van der Waals surface area contributed by atoms with Crippen LogP contribution in [0.5, 0.6) is 0 Å². The lowest BCUT2D eigenvalue weighted by molar-refractivity contribution is -0.118. The summed E-state index contributed by atoms with van der Waals surface area (Å²) in [6.45, 7) is 3.43. The van der Waals surface area contributed by atoms with Gasteiger partial charge in [0.05, 0.1) is 23.0 Å². The number of para-hydroxylation sites is 1. The summed E-state index contributed by atoms with van der Waals surface area (Å²) in [4.78, 5) is 23.9. The molecule has 4 rings (SSSR count). The van der Waals surface area contributed by atoms with Gasteiger partial charge in [0.25, 0.3) is 0 Å². The van der Waals surface area contributed by atoms with Crippen LogP contribution in [0.1, 0.15) is 24.5 Å². The summed E-state index contributed by atoms with van der Waals surface area (Å²) >= 11 is 1.54. The van der Waals surface area contributed by atoms with E-state index in [9.17, 15) is 9.18 Å². The predicted molar refractivity (Wildman–Crippen MR) is 118 cm³/mol. The molecule has 0 atom stereocenters. The van der Waals surface area contributed by atoms with Crippen LogP contribution in [0.4, 0.5) is 9.52 Å². The number of thiazole rings is 1. The van der Waals surface area contributed by atoms with Crippen LogP contribution in [0.3, 0.4) is 0 Å². The molecule has 0 radical (unpaired) electrons. The summed E-state index contributed by atoms with van der Waals surface area (Å²) in [6, 6.07) is 12.2. The van der Waals surface area contributed by atoms with E-state index < -0.39 is 0 Å². The molecule has 0 saturated carbocycles. The fraction of sp³-hybridized carbons (Fsp3) is 0.261. The van der Waals surface area contributed by atoms with Crippen LogP contribution in [0, 0.1) is 5.82 Å². The molecule has 4 aromatic rings. The Kier molecular flexibility index (Phi) is 6.18. The second-order valence-electron chi connectivity index (χ2n) is 7.12. The highest BCUT2D eigenvalue weighted by molar-refractivity contribution is 7.22. The topological polar surface area (TPSA) is 51.0 Å². The van der Waals surface area contributed by atoms with Crippen molar-refractivity contribution in [2.75, 3.05) is 11.4 Å². The Balaban J connectivity index is 1.58. The van der Waals surface area contributed by atoms with E-state index in [1.165, 1.54) is 29.0 Å². The van der Waals surface area contributed by atoms with Gasteiger partial charge in [-0.2, -0.15) is 0 Å². The molecule has 30 heavy (non-hydrogen) atoms. The summed E-state index contributed by atoms with van der Waals surface area (Å²) in [5.74, 6) is -0.342. The minimum Gasteiger partial charge on any atom is -0.337 e. The fourth-order valence-electron chi connectivity index (χ4n) is 3.42. The van der Waals surface area contributed by atoms with Crippen LogP contribution in [0.25, 0.3) is 10.2 Å². The van der Waals surface area contributed by atoms with E-state index >= 15 is 0 Å². The zero-order valence-electron chi connectivity index (χ0n) is 16.8. The van der Waals surface area contributed by atoms with E-state index in [0.717, 1.165) is 35.2 Å². The maximum atomic E-state index is 13.2. The first-order valence-electron chi connectivity index (χ1n) is 10.0. The first kappa shape index (κ1) is 20.2. The molecule has 0 aliphatic heterocycles. The van der Waals surface area contributed by atoms with Crippen molar-refractivity contribution in [1.82, 2.24) is 14.5 Å². The van der Waals surface area contributed by atoms with Crippen LogP contribution < -0.4 is 4.90 Å². The molecule has 0 aliphatic rings. The van der Waals surface area contributed by atoms with Crippen LogP contribution in [-0.2, 0) is 24.2 Å². The summed E-state index contributed by atoms with van der Waals surface area (Å²) in [5.41, 5.74) is 2.94. The Morgan fingerprint density at radius 3 is 2.77 bits per heavy atom. The number of rotatable bonds is 8. The van der Waals surface area contributed by atoms with E-state index in [0.29, 0.717) is 11.7 Å². The minimum atomic E-state index is -0.304. The maximum Gasteiger partial charge on any atom is 0.233 e. The van der Waals surface area contributed by atoms with Crippen molar-refractivity contribution in [2.45, 2.75) is 32.7 Å². The first-order valence-corrected chi connectivity index (χ1v) is 10.8. The largest absolute Gasteiger partial charge is 0.337 e. The molecule has 1 amide bonds. The molecule has 0 N–H and O–H groups in total. The molecule has 5 nitrogen and oxygen atoms in total. The number of imidazole rings is 1. The van der Waals surface area contributed by atoms with Crippen LogP contribution in [0.15, 0.2) is 61.2 Å². The number of carbonyl (C=O) groups is 1. The van der Waals surface area contributed by atoms with Gasteiger partial charge in [0.15, 0.2) is 5.13 Å². The zero-order chi connectivity index (χ0) is 20.9. The lowest BCUT2D eigenvalue weighted by Gasteiger charge is -2.20. The smallest absolute Gasteiger partial charge is 0.233 e. The average Bonchev–Trinajstić information content (AvgIpc) is 3.42. The number of amides is 1. The number of fused-ring (bicyclic) bond motifs is 1. The number of carbonyl (C=O) groups excluding carboxylic acids is 1. The third-order valence-corrected chi connectivity index (χ3v) is 6.07. The molecule has 154 valence electrons. The molecule has 2 heterocycles. The van der Waals surface area contributed by atoms with Gasteiger partial charge in [-0.05, 0) is 42.2 Å². The number of nitrogens with zero attached hydrogens (tertiary/aromatic N) is 4. The highest BCUT2D eigenvalue weighted by Crippen LogP contribution is 2.31. The van der Waals surface area contributed by atoms with Gasteiger partial charge in [-0.3, -0.25) is 9.69 Å². The first-order chi connectivity index (χ1) is 14.6. The maximum absolute atomic E-state index is 13.2. The molecular formula is C23H23FN4OS. The van der Waals surface area contributed by atoms with E-state index in [1.54, 1.807) is 29.6 Å². The van der Waals surface area contributed by atoms with Crippen molar-refractivity contribution in [3.05, 3.63) is 78.1 Å². The summed E-state index contributed by atoms with van der Waals surface area (Å²) in [7, 11) is 0. The third kappa shape index (κ3) is 4.57. The number of hydrogen-bond acceptors (Lipinski definition) is 4. The second-order valence-corrected chi connectivity index (χ2v) is 8.13. The molecule has 0 aliphatic carbocycles. The van der Waals surface area contributed by atoms with Crippen molar-refractivity contribution in [3.63, 3.8) is 0 Å². The normalized spacial score (nSPS) is 11.1. The highest BCUT2D eigenvalue weighted by atomic mass is 32.1. The molecule has 0 unspecified atom stereocenters. The number of halogens is 1. The monoisotopic (exact) mass is 422 g/mol. The van der Waals surface area contributed by atoms with Crippen molar-refractivity contribution in [3.8, 4) is 0 Å². The number of hydrogen-bond donors (Lipinski definition) is 0. The van der Waals surface area contributed by atoms with Crippen LogP contribution in [-0.4, -0.2) is 27.0 Å². The SMILES string of the molecule is CCc1cccc2sc(N(CCCn3ccnc3)C(=O)Cc3ccc(F)cc3)nc12. The molecular weight excluding hydrogens is 399 g/mol. The number of anilines is 1. The Bertz CT molecular complexity index is 1120. The van der Waals surface area contributed by atoms with E-state index in [4.69, 9.17) is 4.98 Å². The third-order valence-electron chi connectivity index (χ3n) is 5.03. The van der Waals surface area contributed by atoms with Crippen molar-refractivity contribution in [1.29, 1.82) is 0 Å². The van der Waals surface area contributed by atoms with Crippen molar-refractivity contribution < 1.29 is 9.18 Å². The molecule has 7 heteroatoms. The van der Waals surface area contributed by atoms with E-state index in [2.05, 4.69) is 18.0 Å². The van der Waals surface area contributed by atoms with Crippen molar-refractivity contribution in [2.24, 2.45) is 0 Å². The molecule has 0 spiro atoms. The Morgan fingerprint density at radius 1 is 1.20 bits per heavy atom. The van der Waals surface area contributed by atoms with Gasteiger partial charge in [-0.1, -0.05) is 42.5 Å². The second kappa shape index (κ2) is 9.17. The molecule has 0 saturated heterocycles. The molecule has 0 bridgehead atoms. The Morgan fingerprint density at radius 2 is 2.03 bits per heavy atom. The van der Waals surface area contributed by atoms with Gasteiger partial charge in [0.2, 0.25) is 5.91 Å². The lowest BCUT2D eigenvalue weighted by Crippen LogP contribution is -2.33. The molecule has 2 aromatic heterocycles. The standard InChI is InChI=1S/C23H23FN4OS/c1-2-18-5-3-6-20-22(18)26-23(30-20)28(13-4-12-27-14-11-25-16-27)21(29)15-17-7-9-19(24)10-8-17/h3,5-11,14,16H,2,4,12-13,15H2,1H3. The predicted octanol–water partition coefficient (Wildman–Crippen LogP) is 4.86. The van der Waals surface area contributed by atoms with Crippen molar-refractivity contribution >= 4 is 32.6 Å². The summed E-state index contributed by atoms with van der Waals surface area (Å²) in [6.07, 6.45) is 7.32. The van der Waals surface area contributed by atoms with Crippen LogP contribution in [0.2, 0.25) is 0 Å². The quantitative estimate of drug-likeness (QED) is 0.407. The summed E-state index contributed by atoms with van der Waals surface area (Å²) in [5, 5.41) is 0.712. The number of aryl methyl sites for hydroxylation is 2. The Labute approximate surface area is 178 Å². The average molecular weight is 423 g/mol. The van der Waals surface area contributed by atoms with Gasteiger partial charge < -0.3 is 4.57 Å². The van der Waals surface area contributed by atoms with Gasteiger partial charge in [-0.25, -0.2) is 14.4 Å². The zero-order valence-corrected chi connectivity index (χ0v) is 17.6. The minimum absolute atomic E-state index is 0.0376. The highest BCUT2D eigenvalue weighted by Gasteiger charge is 2.20. The summed E-state index contributed by atoms with van der Waals surface area (Å²) < 4.78 is 16.3. The fourth-order valence-corrected chi connectivity index (χ4v) is 4.48. The number of benzene rings is 2. The number of aromatic nitrogens is 3. The van der Waals surface area contributed by atoms with Gasteiger partial charge in [0, 0.05) is 25.5 Å².